The van der Waals surface area contributed by atoms with Crippen molar-refractivity contribution in [2.24, 2.45) is 0 Å². The number of hydrogen-bond donors (Lipinski definition) is 1. The Kier molecular flexibility index (Phi) is 2.70. The molecule has 0 spiro atoms. The maximum absolute atomic E-state index is 10.5. The van der Waals surface area contributed by atoms with E-state index in [0.29, 0.717) is 5.25 Å². The highest BCUT2D eigenvalue weighted by Gasteiger charge is 2.41. The first kappa shape index (κ1) is 9.60. The lowest BCUT2D eigenvalue weighted by molar-refractivity contribution is 0.0787. The summed E-state index contributed by atoms with van der Waals surface area (Å²) in [5.41, 5.74) is 0.877. The van der Waals surface area contributed by atoms with Gasteiger partial charge in [0.2, 0.25) is 0 Å². The Morgan fingerprint density at radius 2 is 2.38 bits per heavy atom. The molecule has 1 N–H and O–H groups in total. The van der Waals surface area contributed by atoms with Crippen LogP contribution in [0.2, 0.25) is 0 Å². The Labute approximate surface area is 84.6 Å². The molecule has 1 saturated heterocycles. The first-order chi connectivity index (χ1) is 6.23. The van der Waals surface area contributed by atoms with Gasteiger partial charge in [0.05, 0.1) is 5.60 Å². The molecule has 1 heterocycles. The van der Waals surface area contributed by atoms with Crippen LogP contribution in [-0.4, -0.2) is 21.7 Å². The van der Waals surface area contributed by atoms with Crippen molar-refractivity contribution in [3.63, 3.8) is 0 Å². The Hall–Kier alpha value is 0.0500. The van der Waals surface area contributed by atoms with Crippen LogP contribution in [0.4, 0.5) is 0 Å². The molecule has 1 aliphatic carbocycles. The Bertz CT molecular complexity index is 224. The monoisotopic (exact) mass is 198 g/mol. The van der Waals surface area contributed by atoms with Crippen molar-refractivity contribution in [1.82, 2.24) is 0 Å². The third-order valence-electron chi connectivity index (χ3n) is 3.37. The van der Waals surface area contributed by atoms with Gasteiger partial charge in [-0.3, -0.25) is 0 Å². The standard InChI is InChI=1S/C11H18OS/c1-9-11(12,7-8-13-9)10-5-3-2-4-6-10/h5,9,12H,2-4,6-8H2,1H3. The summed E-state index contributed by atoms with van der Waals surface area (Å²) in [6, 6.07) is 0. The SMILES string of the molecule is CC1SCCC1(O)C1=CCCCC1. The molecule has 74 valence electrons. The minimum Gasteiger partial charge on any atom is -0.384 e. The predicted octanol–water partition coefficient (Wildman–Crippen LogP) is 2.74. The molecule has 2 heteroatoms. The summed E-state index contributed by atoms with van der Waals surface area (Å²) in [5.74, 6) is 1.12. The first-order valence-corrected chi connectivity index (χ1v) is 6.32. The molecule has 2 atom stereocenters. The van der Waals surface area contributed by atoms with E-state index in [1.807, 2.05) is 11.8 Å². The van der Waals surface area contributed by atoms with Gasteiger partial charge in [-0.25, -0.2) is 0 Å². The summed E-state index contributed by atoms with van der Waals surface area (Å²) in [7, 11) is 0. The van der Waals surface area contributed by atoms with Crippen LogP contribution in [0, 0.1) is 0 Å². The van der Waals surface area contributed by atoms with Gasteiger partial charge in [0.25, 0.3) is 0 Å². The molecule has 1 nitrogen and oxygen atoms in total. The zero-order chi connectivity index (χ0) is 9.31. The predicted molar refractivity (Wildman–Crippen MR) is 58.0 cm³/mol. The third kappa shape index (κ3) is 1.66. The highest BCUT2D eigenvalue weighted by molar-refractivity contribution is 8.00. The van der Waals surface area contributed by atoms with Gasteiger partial charge >= 0.3 is 0 Å². The van der Waals surface area contributed by atoms with Crippen LogP contribution in [0.1, 0.15) is 39.0 Å². The van der Waals surface area contributed by atoms with E-state index in [0.717, 1.165) is 18.6 Å². The van der Waals surface area contributed by atoms with Crippen molar-refractivity contribution < 1.29 is 5.11 Å². The van der Waals surface area contributed by atoms with E-state index in [9.17, 15) is 5.11 Å². The van der Waals surface area contributed by atoms with Crippen LogP contribution in [-0.2, 0) is 0 Å². The van der Waals surface area contributed by atoms with Crippen molar-refractivity contribution in [3.05, 3.63) is 11.6 Å². The van der Waals surface area contributed by atoms with Gasteiger partial charge in [-0.2, -0.15) is 11.8 Å². The lowest BCUT2D eigenvalue weighted by Crippen LogP contribution is -2.37. The lowest BCUT2D eigenvalue weighted by Gasteiger charge is -2.32. The van der Waals surface area contributed by atoms with E-state index in [-0.39, 0.29) is 0 Å². The average molecular weight is 198 g/mol. The van der Waals surface area contributed by atoms with Gasteiger partial charge < -0.3 is 5.11 Å². The maximum Gasteiger partial charge on any atom is 0.0979 e. The molecule has 1 fully saturated rings. The Morgan fingerprint density at radius 3 is 2.92 bits per heavy atom. The fourth-order valence-corrected chi connectivity index (χ4v) is 3.71. The lowest BCUT2D eigenvalue weighted by atomic mass is 9.82. The molecule has 0 amide bonds. The van der Waals surface area contributed by atoms with Crippen molar-refractivity contribution >= 4 is 11.8 Å². The zero-order valence-corrected chi connectivity index (χ0v) is 9.07. The summed E-state index contributed by atoms with van der Waals surface area (Å²) >= 11 is 1.91. The van der Waals surface area contributed by atoms with E-state index in [2.05, 4.69) is 13.0 Å². The van der Waals surface area contributed by atoms with Gasteiger partial charge in [0, 0.05) is 5.25 Å². The van der Waals surface area contributed by atoms with Gasteiger partial charge in [-0.15, -0.1) is 0 Å². The highest BCUT2D eigenvalue weighted by Crippen LogP contribution is 2.43. The second-order valence-corrected chi connectivity index (χ2v) is 5.61. The normalized spacial score (nSPS) is 40.5. The van der Waals surface area contributed by atoms with Gasteiger partial charge in [0.15, 0.2) is 0 Å². The first-order valence-electron chi connectivity index (χ1n) is 5.27. The zero-order valence-electron chi connectivity index (χ0n) is 8.25. The molecule has 2 rings (SSSR count). The minimum atomic E-state index is -0.453. The molecule has 0 aromatic rings. The van der Waals surface area contributed by atoms with Gasteiger partial charge in [-0.1, -0.05) is 13.0 Å². The quantitative estimate of drug-likeness (QED) is 0.654. The van der Waals surface area contributed by atoms with Crippen LogP contribution >= 0.6 is 11.8 Å². The van der Waals surface area contributed by atoms with Gasteiger partial charge in [0.1, 0.15) is 0 Å². The topological polar surface area (TPSA) is 20.2 Å². The summed E-state index contributed by atoms with van der Waals surface area (Å²) in [6.07, 6.45) is 8.12. The van der Waals surface area contributed by atoms with Crippen LogP contribution in [0.25, 0.3) is 0 Å². The maximum atomic E-state index is 10.5. The van der Waals surface area contributed by atoms with E-state index < -0.39 is 5.60 Å². The molecule has 0 aromatic carbocycles. The smallest absolute Gasteiger partial charge is 0.0979 e. The number of thioether (sulfide) groups is 1. The molecule has 0 bridgehead atoms. The molecular weight excluding hydrogens is 180 g/mol. The summed E-state index contributed by atoms with van der Waals surface area (Å²) in [4.78, 5) is 0. The van der Waals surface area contributed by atoms with E-state index in [1.54, 1.807) is 0 Å². The number of rotatable bonds is 1. The Balaban J connectivity index is 2.17. The number of allylic oxidation sites excluding steroid dienone is 1. The molecular formula is C11H18OS. The fraction of sp³-hybridized carbons (Fsp3) is 0.818. The summed E-state index contributed by atoms with van der Waals surface area (Å²) < 4.78 is 0. The number of hydrogen-bond acceptors (Lipinski definition) is 2. The van der Waals surface area contributed by atoms with Crippen molar-refractivity contribution in [3.8, 4) is 0 Å². The molecule has 2 aliphatic rings. The Morgan fingerprint density at radius 1 is 1.54 bits per heavy atom. The number of aliphatic hydroxyl groups is 1. The van der Waals surface area contributed by atoms with Crippen LogP contribution in [0.5, 0.6) is 0 Å². The van der Waals surface area contributed by atoms with E-state index in [4.69, 9.17) is 0 Å². The summed E-state index contributed by atoms with van der Waals surface area (Å²) in [5, 5.41) is 10.9. The molecule has 1 aliphatic heterocycles. The second kappa shape index (κ2) is 3.66. The summed E-state index contributed by atoms with van der Waals surface area (Å²) in [6.45, 7) is 2.16. The molecule has 2 unspecified atom stereocenters. The van der Waals surface area contributed by atoms with Crippen molar-refractivity contribution in [1.29, 1.82) is 0 Å². The molecule has 13 heavy (non-hydrogen) atoms. The van der Waals surface area contributed by atoms with Crippen LogP contribution in [0.3, 0.4) is 0 Å². The van der Waals surface area contributed by atoms with E-state index in [1.165, 1.54) is 24.8 Å². The van der Waals surface area contributed by atoms with E-state index >= 15 is 0 Å². The fourth-order valence-electron chi connectivity index (χ4n) is 2.39. The van der Waals surface area contributed by atoms with Crippen LogP contribution in [0.15, 0.2) is 11.6 Å². The second-order valence-electron chi connectivity index (χ2n) is 4.16. The largest absolute Gasteiger partial charge is 0.384 e. The highest BCUT2D eigenvalue weighted by atomic mass is 32.2. The average Bonchev–Trinajstić information content (AvgIpc) is 2.50. The van der Waals surface area contributed by atoms with Crippen molar-refractivity contribution in [2.75, 3.05) is 5.75 Å². The van der Waals surface area contributed by atoms with Gasteiger partial charge in [-0.05, 0) is 43.4 Å². The third-order valence-corrected chi connectivity index (χ3v) is 4.70. The van der Waals surface area contributed by atoms with Crippen LogP contribution < -0.4 is 0 Å². The molecule has 0 radical (unpaired) electrons. The molecule has 0 saturated carbocycles. The van der Waals surface area contributed by atoms with Crippen molar-refractivity contribution in [2.45, 2.75) is 49.9 Å². The minimum absolute atomic E-state index is 0.400. The molecule has 0 aromatic heterocycles.